The van der Waals surface area contributed by atoms with Gasteiger partial charge in [0.15, 0.2) is 11.9 Å². The summed E-state index contributed by atoms with van der Waals surface area (Å²) in [5, 5.41) is 13.4. The SMILES string of the molecule is CNc1ccccc1CCN(C=O)C1CCN(C(=O)O[C@H](Cc2cc(Cl)c(O)c(Cl)c2)C(=O)N2CCC(N3CCCCC3)CC2)CC1. The normalized spacial score (nSPS) is 18.9. The average molecular weight is 689 g/mol. The van der Waals surface area contributed by atoms with E-state index in [1.54, 1.807) is 17.0 Å². The van der Waals surface area contributed by atoms with Gasteiger partial charge in [-0.1, -0.05) is 47.8 Å². The molecule has 0 bridgehead atoms. The third kappa shape index (κ3) is 9.03. The number of phenolic OH excluding ortho intramolecular Hbond substituents is 1. The number of rotatable bonds is 11. The molecule has 1 atom stereocenters. The Labute approximate surface area is 287 Å². The van der Waals surface area contributed by atoms with Crippen LogP contribution in [0.3, 0.4) is 0 Å². The smallest absolute Gasteiger partial charge is 0.410 e. The summed E-state index contributed by atoms with van der Waals surface area (Å²) in [6.45, 7) is 4.87. The third-order valence-corrected chi connectivity index (χ3v) is 10.5. The van der Waals surface area contributed by atoms with Crippen LogP contribution in [-0.2, 0) is 27.2 Å². The number of phenols is 1. The number of benzene rings is 2. The number of para-hydroxylation sites is 1. The Morgan fingerprint density at radius 3 is 2.26 bits per heavy atom. The molecule has 3 fully saturated rings. The lowest BCUT2D eigenvalue weighted by Gasteiger charge is -2.41. The molecule has 3 amide bonds. The van der Waals surface area contributed by atoms with Gasteiger partial charge in [0.1, 0.15) is 0 Å². The minimum atomic E-state index is -1.07. The Kier molecular flexibility index (Phi) is 12.5. The van der Waals surface area contributed by atoms with Gasteiger partial charge >= 0.3 is 6.09 Å². The van der Waals surface area contributed by atoms with Crippen LogP contribution in [0.4, 0.5) is 10.5 Å². The molecule has 0 spiro atoms. The molecule has 0 aliphatic carbocycles. The van der Waals surface area contributed by atoms with Crippen LogP contribution < -0.4 is 5.32 Å². The van der Waals surface area contributed by atoms with E-state index in [0.29, 0.717) is 57.2 Å². The standard InChI is InChI=1S/C35H47Cl2N5O5/c1-38-31-8-4-3-7-26(31)9-16-42(24-43)28-12-19-41(20-13-28)35(46)47-32(23-25-21-29(36)33(44)30(37)22-25)34(45)40-17-10-27(11-18-40)39-14-5-2-6-15-39/h3-4,7-8,21-22,24,27-28,32,38,44H,2,5-6,9-20,23H2,1H3/t32-/m1/s1. The maximum absolute atomic E-state index is 13.9. The van der Waals surface area contributed by atoms with Gasteiger partial charge in [-0.15, -0.1) is 0 Å². The molecule has 5 rings (SSSR count). The Bertz CT molecular complexity index is 1350. The van der Waals surface area contributed by atoms with Crippen molar-refractivity contribution in [2.75, 3.05) is 58.2 Å². The first-order valence-corrected chi connectivity index (χ1v) is 17.6. The molecule has 3 aliphatic rings. The van der Waals surface area contributed by atoms with Crippen molar-refractivity contribution >= 4 is 47.3 Å². The van der Waals surface area contributed by atoms with Crippen molar-refractivity contribution in [1.82, 2.24) is 19.6 Å². The lowest BCUT2D eigenvalue weighted by atomic mass is 9.99. The number of anilines is 1. The molecule has 10 nitrogen and oxygen atoms in total. The zero-order valence-electron chi connectivity index (χ0n) is 27.2. The van der Waals surface area contributed by atoms with Crippen molar-refractivity contribution in [3.8, 4) is 5.75 Å². The number of aromatic hydroxyl groups is 1. The summed E-state index contributed by atoms with van der Waals surface area (Å²) >= 11 is 12.4. The van der Waals surface area contributed by atoms with E-state index in [2.05, 4.69) is 16.3 Å². The van der Waals surface area contributed by atoms with Crippen molar-refractivity contribution in [2.45, 2.75) is 76.0 Å². The molecule has 3 aliphatic heterocycles. The largest absolute Gasteiger partial charge is 0.505 e. The van der Waals surface area contributed by atoms with E-state index in [-0.39, 0.29) is 34.2 Å². The zero-order valence-corrected chi connectivity index (χ0v) is 28.7. The molecule has 2 aromatic carbocycles. The minimum Gasteiger partial charge on any atom is -0.505 e. The molecule has 256 valence electrons. The van der Waals surface area contributed by atoms with Crippen molar-refractivity contribution in [2.24, 2.45) is 0 Å². The van der Waals surface area contributed by atoms with Crippen LogP contribution in [0.25, 0.3) is 0 Å². The number of amides is 3. The van der Waals surface area contributed by atoms with Crippen LogP contribution >= 0.6 is 23.2 Å². The first kappa shape index (κ1) is 35.1. The van der Waals surface area contributed by atoms with Gasteiger partial charge in [0, 0.05) is 64.0 Å². The predicted molar refractivity (Wildman–Crippen MR) is 184 cm³/mol. The molecule has 0 aromatic heterocycles. The molecular weight excluding hydrogens is 641 g/mol. The molecule has 2 aromatic rings. The Morgan fingerprint density at radius 1 is 0.979 bits per heavy atom. The number of hydrogen-bond acceptors (Lipinski definition) is 7. The van der Waals surface area contributed by atoms with E-state index in [1.165, 1.54) is 19.3 Å². The summed E-state index contributed by atoms with van der Waals surface area (Å²) in [4.78, 5) is 47.3. The number of hydrogen-bond donors (Lipinski definition) is 2. The van der Waals surface area contributed by atoms with Crippen molar-refractivity contribution < 1.29 is 24.2 Å². The molecule has 2 N–H and O–H groups in total. The second-order valence-electron chi connectivity index (χ2n) is 12.9. The van der Waals surface area contributed by atoms with Crippen LogP contribution in [0.5, 0.6) is 5.75 Å². The molecule has 0 saturated carbocycles. The molecule has 3 saturated heterocycles. The van der Waals surface area contributed by atoms with Crippen molar-refractivity contribution in [1.29, 1.82) is 0 Å². The fourth-order valence-corrected chi connectivity index (χ4v) is 7.73. The van der Waals surface area contributed by atoms with Gasteiger partial charge in [-0.3, -0.25) is 9.59 Å². The van der Waals surface area contributed by atoms with Gasteiger partial charge in [0.2, 0.25) is 6.41 Å². The molecular formula is C35H47Cl2N5O5. The lowest BCUT2D eigenvalue weighted by Crippen LogP contribution is -2.52. The lowest BCUT2D eigenvalue weighted by molar-refractivity contribution is -0.142. The van der Waals surface area contributed by atoms with Gasteiger partial charge < -0.3 is 34.8 Å². The molecule has 47 heavy (non-hydrogen) atoms. The zero-order chi connectivity index (χ0) is 33.3. The molecule has 0 unspecified atom stereocenters. The first-order valence-electron chi connectivity index (χ1n) is 16.9. The highest BCUT2D eigenvalue weighted by Gasteiger charge is 2.35. The number of likely N-dealkylation sites (tertiary alicyclic amines) is 3. The van der Waals surface area contributed by atoms with Crippen LogP contribution in [0.15, 0.2) is 36.4 Å². The molecule has 0 radical (unpaired) electrons. The van der Waals surface area contributed by atoms with E-state index < -0.39 is 12.2 Å². The quantitative estimate of drug-likeness (QED) is 0.304. The highest BCUT2D eigenvalue weighted by molar-refractivity contribution is 6.37. The van der Waals surface area contributed by atoms with Gasteiger partial charge in [-0.2, -0.15) is 0 Å². The first-order chi connectivity index (χ1) is 22.8. The Balaban J connectivity index is 1.20. The monoisotopic (exact) mass is 687 g/mol. The number of halogens is 2. The number of ether oxygens (including phenoxy) is 1. The van der Waals surface area contributed by atoms with Crippen LogP contribution in [0, 0.1) is 0 Å². The number of piperidine rings is 3. The van der Waals surface area contributed by atoms with Gasteiger partial charge in [-0.05, 0) is 87.4 Å². The topological polar surface area (TPSA) is 106 Å². The second kappa shape index (κ2) is 16.8. The van der Waals surface area contributed by atoms with Crippen LogP contribution in [-0.4, -0.2) is 114 Å². The average Bonchev–Trinajstić information content (AvgIpc) is 3.11. The second-order valence-corrected chi connectivity index (χ2v) is 13.7. The highest BCUT2D eigenvalue weighted by Crippen LogP contribution is 2.33. The Morgan fingerprint density at radius 2 is 1.62 bits per heavy atom. The van der Waals surface area contributed by atoms with Crippen molar-refractivity contribution in [3.63, 3.8) is 0 Å². The summed E-state index contributed by atoms with van der Waals surface area (Å²) in [6.07, 6.45) is 6.85. The summed E-state index contributed by atoms with van der Waals surface area (Å²) < 4.78 is 5.96. The van der Waals surface area contributed by atoms with Crippen LogP contribution in [0.2, 0.25) is 10.0 Å². The van der Waals surface area contributed by atoms with Crippen molar-refractivity contribution in [3.05, 3.63) is 57.6 Å². The summed E-state index contributed by atoms with van der Waals surface area (Å²) in [5.41, 5.74) is 2.78. The predicted octanol–water partition coefficient (Wildman–Crippen LogP) is 5.43. The van der Waals surface area contributed by atoms with E-state index in [4.69, 9.17) is 27.9 Å². The third-order valence-electron chi connectivity index (χ3n) is 9.95. The van der Waals surface area contributed by atoms with Crippen LogP contribution in [0.1, 0.15) is 56.1 Å². The maximum Gasteiger partial charge on any atom is 0.410 e. The fourth-order valence-electron chi connectivity index (χ4n) is 7.20. The van der Waals surface area contributed by atoms with E-state index in [9.17, 15) is 19.5 Å². The maximum atomic E-state index is 13.9. The van der Waals surface area contributed by atoms with Gasteiger partial charge in [0.05, 0.1) is 10.0 Å². The van der Waals surface area contributed by atoms with Gasteiger partial charge in [-0.25, -0.2) is 4.79 Å². The van der Waals surface area contributed by atoms with E-state index >= 15 is 0 Å². The molecule has 12 heteroatoms. The fraction of sp³-hybridized carbons (Fsp3) is 0.571. The summed E-state index contributed by atoms with van der Waals surface area (Å²) in [5.74, 6) is -0.463. The van der Waals surface area contributed by atoms with E-state index in [0.717, 1.165) is 50.0 Å². The minimum absolute atomic E-state index is 0.0122. The summed E-state index contributed by atoms with van der Waals surface area (Å²) in [7, 11) is 1.89. The van der Waals surface area contributed by atoms with Gasteiger partial charge in [0.25, 0.3) is 5.91 Å². The number of nitrogens with zero attached hydrogens (tertiary/aromatic N) is 4. The summed E-state index contributed by atoms with van der Waals surface area (Å²) in [6, 6.07) is 11.6. The number of nitrogens with one attached hydrogen (secondary N) is 1. The number of carbonyl (C=O) groups excluding carboxylic acids is 3. The number of carbonyl (C=O) groups is 3. The van der Waals surface area contributed by atoms with E-state index in [1.807, 2.05) is 35.0 Å². The highest BCUT2D eigenvalue weighted by atomic mass is 35.5. The Hall–Kier alpha value is -3.21. The molecule has 3 heterocycles.